The van der Waals surface area contributed by atoms with E-state index in [9.17, 15) is 4.79 Å². The number of hydrogen-bond acceptors (Lipinski definition) is 5. The Kier molecular flexibility index (Phi) is 6.12. The highest BCUT2D eigenvalue weighted by Gasteiger charge is 2.35. The number of rotatable bonds is 7. The second-order valence-corrected chi connectivity index (χ2v) is 7.49. The maximum absolute atomic E-state index is 12.6. The highest BCUT2D eigenvalue weighted by molar-refractivity contribution is 5.80. The lowest BCUT2D eigenvalue weighted by Crippen LogP contribution is -2.23. The second-order valence-electron chi connectivity index (χ2n) is 7.49. The Balaban J connectivity index is 1.80. The topological polar surface area (TPSA) is 54.0 Å². The van der Waals surface area contributed by atoms with Crippen molar-refractivity contribution in [1.82, 2.24) is 0 Å². The summed E-state index contributed by atoms with van der Waals surface area (Å²) in [6, 6.07) is 19.9. The molecule has 4 rings (SSSR count). The van der Waals surface area contributed by atoms with Gasteiger partial charge in [0.1, 0.15) is 23.0 Å². The van der Waals surface area contributed by atoms with E-state index in [0.29, 0.717) is 23.7 Å². The summed E-state index contributed by atoms with van der Waals surface area (Å²) in [5.41, 5.74) is 3.99. The average Bonchev–Trinajstić information content (AvgIpc) is 2.82. The molecule has 0 spiro atoms. The first-order chi connectivity index (χ1) is 15.1. The Morgan fingerprint density at radius 1 is 0.871 bits per heavy atom. The van der Waals surface area contributed by atoms with Crippen LogP contribution in [-0.2, 0) is 17.6 Å². The van der Waals surface area contributed by atoms with Crippen LogP contribution in [0.25, 0.3) is 0 Å². The average molecular weight is 418 g/mol. The van der Waals surface area contributed by atoms with Crippen LogP contribution in [0.3, 0.4) is 0 Å². The fourth-order valence-electron chi connectivity index (χ4n) is 4.16. The molecule has 0 amide bonds. The number of carbonyl (C=O) groups is 1. The molecule has 3 aromatic carbocycles. The number of benzene rings is 3. The predicted octanol–water partition coefficient (Wildman–Crippen LogP) is 4.94. The van der Waals surface area contributed by atoms with Crippen molar-refractivity contribution in [2.24, 2.45) is 0 Å². The second kappa shape index (κ2) is 9.13. The summed E-state index contributed by atoms with van der Waals surface area (Å²) in [4.78, 5) is 12.6. The largest absolute Gasteiger partial charge is 0.497 e. The van der Waals surface area contributed by atoms with E-state index in [0.717, 1.165) is 28.9 Å². The summed E-state index contributed by atoms with van der Waals surface area (Å²) >= 11 is 0. The van der Waals surface area contributed by atoms with E-state index >= 15 is 0 Å². The van der Waals surface area contributed by atoms with E-state index < -0.39 is 0 Å². The minimum Gasteiger partial charge on any atom is -0.497 e. The maximum Gasteiger partial charge on any atom is 0.312 e. The van der Waals surface area contributed by atoms with Gasteiger partial charge < -0.3 is 18.9 Å². The van der Waals surface area contributed by atoms with E-state index in [-0.39, 0.29) is 18.3 Å². The molecule has 0 fully saturated rings. The molecular weight excluding hydrogens is 392 g/mol. The van der Waals surface area contributed by atoms with Crippen LogP contribution in [0.5, 0.6) is 23.0 Å². The van der Waals surface area contributed by atoms with Gasteiger partial charge in [0.05, 0.1) is 27.8 Å². The summed E-state index contributed by atoms with van der Waals surface area (Å²) in [5.74, 6) is 2.22. The van der Waals surface area contributed by atoms with Crippen LogP contribution in [0.1, 0.15) is 34.6 Å². The zero-order chi connectivity index (χ0) is 21.8. The van der Waals surface area contributed by atoms with E-state index in [1.165, 1.54) is 5.56 Å². The Bertz CT molecular complexity index is 1060. The fourth-order valence-corrected chi connectivity index (χ4v) is 4.16. The van der Waals surface area contributed by atoms with Crippen molar-refractivity contribution < 1.29 is 23.7 Å². The van der Waals surface area contributed by atoms with Crippen molar-refractivity contribution in [2.75, 3.05) is 21.3 Å². The molecule has 1 aliphatic rings. The molecular formula is C26H26O5. The van der Waals surface area contributed by atoms with Gasteiger partial charge in [-0.25, -0.2) is 0 Å². The molecule has 1 heterocycles. The van der Waals surface area contributed by atoms with Crippen LogP contribution in [0.4, 0.5) is 0 Å². The quantitative estimate of drug-likeness (QED) is 0.402. The van der Waals surface area contributed by atoms with E-state index in [1.54, 1.807) is 21.3 Å². The predicted molar refractivity (Wildman–Crippen MR) is 118 cm³/mol. The first-order valence-corrected chi connectivity index (χ1v) is 10.3. The van der Waals surface area contributed by atoms with Gasteiger partial charge in [-0.2, -0.15) is 0 Å². The molecule has 0 aromatic heterocycles. The number of carbonyl (C=O) groups excluding carboxylic acids is 1. The summed E-state index contributed by atoms with van der Waals surface area (Å²) < 4.78 is 22.5. The van der Waals surface area contributed by atoms with Gasteiger partial charge in [0, 0.05) is 23.1 Å². The molecule has 31 heavy (non-hydrogen) atoms. The van der Waals surface area contributed by atoms with Crippen LogP contribution in [0.15, 0.2) is 60.7 Å². The number of esters is 1. The molecule has 1 aliphatic heterocycles. The molecule has 1 unspecified atom stereocenters. The zero-order valence-corrected chi connectivity index (χ0v) is 18.0. The van der Waals surface area contributed by atoms with Gasteiger partial charge in [-0.05, 0) is 36.1 Å². The molecule has 0 bridgehead atoms. The van der Waals surface area contributed by atoms with Crippen LogP contribution >= 0.6 is 0 Å². The van der Waals surface area contributed by atoms with Gasteiger partial charge >= 0.3 is 5.97 Å². The van der Waals surface area contributed by atoms with Gasteiger partial charge in [-0.3, -0.25) is 4.79 Å². The molecule has 1 atom stereocenters. The molecule has 0 aliphatic carbocycles. The van der Waals surface area contributed by atoms with E-state index in [2.05, 4.69) is 12.1 Å². The Hall–Kier alpha value is -3.47. The molecule has 0 N–H and O–H groups in total. The molecule has 5 nitrogen and oxygen atoms in total. The van der Waals surface area contributed by atoms with Crippen LogP contribution in [-0.4, -0.2) is 27.3 Å². The number of methoxy groups -OCH3 is 3. The lowest BCUT2D eigenvalue weighted by atomic mass is 9.83. The molecule has 0 radical (unpaired) electrons. The standard InChI is InChI=1S/C26H26O5/c1-28-19-12-10-18(11-13-19)21-15-24(27)31-26-20(14-9-17-7-5-4-6-8-17)22(29-2)16-23(30-3)25(21)26/h4-8,10-13,16,21H,9,14-15H2,1-3H3. The summed E-state index contributed by atoms with van der Waals surface area (Å²) in [7, 11) is 4.88. The Morgan fingerprint density at radius 2 is 1.58 bits per heavy atom. The minimum atomic E-state index is -0.260. The van der Waals surface area contributed by atoms with E-state index in [1.807, 2.05) is 48.5 Å². The first kappa shape index (κ1) is 20.8. The van der Waals surface area contributed by atoms with Crippen molar-refractivity contribution in [3.63, 3.8) is 0 Å². The SMILES string of the molecule is COc1ccc(C2CC(=O)Oc3c(CCc4ccccc4)c(OC)cc(OC)c32)cc1. The van der Waals surface area contributed by atoms with Crippen molar-refractivity contribution in [2.45, 2.75) is 25.2 Å². The molecule has 160 valence electrons. The normalized spacial score (nSPS) is 15.1. The molecule has 0 saturated carbocycles. The number of aryl methyl sites for hydroxylation is 1. The van der Waals surface area contributed by atoms with Crippen molar-refractivity contribution >= 4 is 5.97 Å². The molecule has 3 aromatic rings. The Labute approximate surface area is 182 Å². The highest BCUT2D eigenvalue weighted by Crippen LogP contribution is 2.49. The summed E-state index contributed by atoms with van der Waals surface area (Å²) in [5, 5.41) is 0. The van der Waals surface area contributed by atoms with Crippen molar-refractivity contribution in [3.8, 4) is 23.0 Å². The third-order valence-corrected chi connectivity index (χ3v) is 5.74. The van der Waals surface area contributed by atoms with Gasteiger partial charge in [-0.1, -0.05) is 42.5 Å². The van der Waals surface area contributed by atoms with Crippen molar-refractivity contribution in [1.29, 1.82) is 0 Å². The molecule has 5 heteroatoms. The highest BCUT2D eigenvalue weighted by atomic mass is 16.5. The third kappa shape index (κ3) is 4.22. The smallest absolute Gasteiger partial charge is 0.312 e. The van der Waals surface area contributed by atoms with E-state index in [4.69, 9.17) is 18.9 Å². The van der Waals surface area contributed by atoms with Crippen LogP contribution < -0.4 is 18.9 Å². The van der Waals surface area contributed by atoms with Crippen LogP contribution in [0.2, 0.25) is 0 Å². The monoisotopic (exact) mass is 418 g/mol. The van der Waals surface area contributed by atoms with Gasteiger partial charge in [0.15, 0.2) is 0 Å². The third-order valence-electron chi connectivity index (χ3n) is 5.74. The van der Waals surface area contributed by atoms with Gasteiger partial charge in [0.2, 0.25) is 0 Å². The minimum absolute atomic E-state index is 0.168. The Morgan fingerprint density at radius 3 is 2.23 bits per heavy atom. The zero-order valence-electron chi connectivity index (χ0n) is 18.0. The molecule has 0 saturated heterocycles. The number of ether oxygens (including phenoxy) is 4. The van der Waals surface area contributed by atoms with Crippen molar-refractivity contribution in [3.05, 3.63) is 82.9 Å². The van der Waals surface area contributed by atoms with Crippen LogP contribution in [0, 0.1) is 0 Å². The lowest BCUT2D eigenvalue weighted by Gasteiger charge is -2.29. The lowest BCUT2D eigenvalue weighted by molar-refractivity contribution is -0.135. The number of fused-ring (bicyclic) bond motifs is 1. The maximum atomic E-state index is 12.6. The summed E-state index contributed by atoms with van der Waals surface area (Å²) in [6.07, 6.45) is 1.74. The number of hydrogen-bond donors (Lipinski definition) is 0. The first-order valence-electron chi connectivity index (χ1n) is 10.3. The van der Waals surface area contributed by atoms with Gasteiger partial charge in [-0.15, -0.1) is 0 Å². The van der Waals surface area contributed by atoms with Gasteiger partial charge in [0.25, 0.3) is 0 Å². The fraction of sp³-hybridized carbons (Fsp3) is 0.269. The summed E-state index contributed by atoms with van der Waals surface area (Å²) in [6.45, 7) is 0.